The lowest BCUT2D eigenvalue weighted by molar-refractivity contribution is 0.0522. The van der Waals surface area contributed by atoms with Gasteiger partial charge in [0.25, 0.3) is 11.8 Å². The number of nitrogens with zero attached hydrogens (tertiary/aromatic N) is 1. The smallest absolute Gasteiger partial charge is 0.407 e. The number of nitrogens with one attached hydrogen (secondary N) is 3. The largest absolute Gasteiger partial charge is 0.493 e. The van der Waals surface area contributed by atoms with Gasteiger partial charge in [0.05, 0.1) is 18.7 Å². The molecule has 3 heterocycles. The van der Waals surface area contributed by atoms with Gasteiger partial charge in [0.1, 0.15) is 22.9 Å². The minimum Gasteiger partial charge on any atom is -0.493 e. The summed E-state index contributed by atoms with van der Waals surface area (Å²) in [5, 5.41) is 10.1. The van der Waals surface area contributed by atoms with Gasteiger partial charge in [-0.2, -0.15) is 0 Å². The van der Waals surface area contributed by atoms with Crippen LogP contribution in [0.1, 0.15) is 82.6 Å². The zero-order chi connectivity index (χ0) is 40.6. The minimum atomic E-state index is -0.848. The Labute approximate surface area is 333 Å². The number of ether oxygens (including phenoxy) is 3. The molecule has 0 unspecified atom stereocenters. The van der Waals surface area contributed by atoms with Gasteiger partial charge in [0.2, 0.25) is 0 Å². The van der Waals surface area contributed by atoms with Crippen molar-refractivity contribution in [3.63, 3.8) is 0 Å². The number of aromatic nitrogens is 1. The average molecular weight is 801 g/mol. The fourth-order valence-electron chi connectivity index (χ4n) is 5.73. The summed E-state index contributed by atoms with van der Waals surface area (Å²) in [5.41, 5.74) is 2.96. The Morgan fingerprint density at radius 2 is 1.66 bits per heavy atom. The number of hydrogen-bond acceptors (Lipinski definition) is 9. The molecule has 5 aromatic rings. The highest BCUT2D eigenvalue weighted by molar-refractivity contribution is 7.13. The number of fused-ring (bicyclic) bond motifs is 3. The number of thiophene rings is 1. The van der Waals surface area contributed by atoms with E-state index in [9.17, 15) is 23.6 Å². The molecular formula is C42H42ClFN4O7S. The first-order valence-corrected chi connectivity index (χ1v) is 19.1. The molecule has 1 aliphatic rings. The van der Waals surface area contributed by atoms with E-state index >= 15 is 0 Å². The van der Waals surface area contributed by atoms with Gasteiger partial charge in [-0.15, -0.1) is 11.3 Å². The molecule has 0 radical (unpaired) electrons. The Hall–Kier alpha value is -5.79. The van der Waals surface area contributed by atoms with Crippen molar-refractivity contribution in [2.45, 2.75) is 59.7 Å². The van der Waals surface area contributed by atoms with E-state index in [2.05, 4.69) is 20.9 Å². The van der Waals surface area contributed by atoms with Crippen LogP contribution in [0, 0.1) is 5.82 Å². The van der Waals surface area contributed by atoms with Crippen molar-refractivity contribution in [1.29, 1.82) is 0 Å². The van der Waals surface area contributed by atoms with Crippen molar-refractivity contribution < 1.29 is 37.8 Å². The highest BCUT2D eigenvalue weighted by Gasteiger charge is 2.27. The van der Waals surface area contributed by atoms with Crippen LogP contribution < -0.4 is 20.7 Å². The Kier molecular flexibility index (Phi) is 13.5. The van der Waals surface area contributed by atoms with Crippen LogP contribution in [0.5, 0.6) is 5.75 Å². The number of pyridine rings is 1. The summed E-state index contributed by atoms with van der Waals surface area (Å²) in [6.45, 7) is 9.77. The highest BCUT2D eigenvalue weighted by Crippen LogP contribution is 2.43. The monoisotopic (exact) mass is 800 g/mol. The van der Waals surface area contributed by atoms with Crippen LogP contribution in [0.3, 0.4) is 0 Å². The number of amides is 3. The van der Waals surface area contributed by atoms with Gasteiger partial charge in [-0.3, -0.25) is 9.59 Å². The number of hydrogen-bond donors (Lipinski definition) is 3. The number of carbonyl (C=O) groups excluding carboxylic acids is 4. The van der Waals surface area contributed by atoms with Crippen LogP contribution in [0.4, 0.5) is 14.9 Å². The molecule has 2 aromatic heterocycles. The Balaban J connectivity index is 0.00000295. The van der Waals surface area contributed by atoms with Crippen molar-refractivity contribution in [2.75, 3.05) is 19.0 Å². The number of alkyl carbamates (subject to hydrolysis) is 1. The van der Waals surface area contributed by atoms with Crippen LogP contribution in [-0.2, 0) is 29.0 Å². The highest BCUT2D eigenvalue weighted by atomic mass is 35.5. The molecule has 14 heteroatoms. The molecule has 0 bridgehead atoms. The molecule has 6 rings (SSSR count). The van der Waals surface area contributed by atoms with Crippen LogP contribution in [0.25, 0.3) is 21.6 Å². The SMILES string of the molecule is CC.COC(=O)c1nc(C(=O)NCc2cccc(Cl)c2F)ccc1-c1cc2c(cc1C(=O)Nc1ccc(CNC(=O)OC(C)(C)C)cc1)-c1sccc1CCO2. The van der Waals surface area contributed by atoms with E-state index in [1.54, 1.807) is 63.2 Å². The molecule has 0 atom stereocenters. The van der Waals surface area contributed by atoms with Crippen molar-refractivity contribution in [3.05, 3.63) is 123 Å². The first kappa shape index (κ1) is 41.4. The predicted molar refractivity (Wildman–Crippen MR) is 215 cm³/mol. The zero-order valence-electron chi connectivity index (χ0n) is 31.8. The van der Waals surface area contributed by atoms with Crippen LogP contribution in [-0.4, -0.2) is 48.2 Å². The second-order valence-electron chi connectivity index (χ2n) is 13.3. The van der Waals surface area contributed by atoms with Crippen LogP contribution in [0.2, 0.25) is 5.02 Å². The lowest BCUT2D eigenvalue weighted by atomic mass is 9.93. The van der Waals surface area contributed by atoms with Gasteiger partial charge in [-0.05, 0) is 85.8 Å². The van der Waals surface area contributed by atoms with E-state index in [1.165, 1.54) is 42.7 Å². The molecule has 3 amide bonds. The molecule has 0 fully saturated rings. The number of halogens is 2. The maximum Gasteiger partial charge on any atom is 0.407 e. The van der Waals surface area contributed by atoms with Crippen molar-refractivity contribution in [1.82, 2.24) is 15.6 Å². The first-order valence-electron chi connectivity index (χ1n) is 17.9. The molecule has 0 aliphatic carbocycles. The molecule has 0 spiro atoms. The average Bonchev–Trinajstić information content (AvgIpc) is 3.58. The molecule has 0 saturated heterocycles. The molecule has 3 N–H and O–H groups in total. The van der Waals surface area contributed by atoms with Crippen molar-refractivity contribution >= 4 is 52.5 Å². The quantitative estimate of drug-likeness (QED) is 0.125. The summed E-state index contributed by atoms with van der Waals surface area (Å²) < 4.78 is 31.0. The fraction of sp³-hybridized carbons (Fsp3) is 0.262. The van der Waals surface area contributed by atoms with Gasteiger partial charge in [0, 0.05) is 57.9 Å². The number of rotatable bonds is 9. The molecular weight excluding hydrogens is 759 g/mol. The van der Waals surface area contributed by atoms with Crippen LogP contribution >= 0.6 is 22.9 Å². The Bertz CT molecular complexity index is 2250. The van der Waals surface area contributed by atoms with Crippen LogP contribution in [0.15, 0.2) is 78.2 Å². The molecule has 56 heavy (non-hydrogen) atoms. The Morgan fingerprint density at radius 3 is 2.38 bits per heavy atom. The first-order chi connectivity index (χ1) is 26.8. The lowest BCUT2D eigenvalue weighted by Gasteiger charge is -2.19. The number of esters is 1. The van der Waals surface area contributed by atoms with E-state index in [0.717, 1.165) is 16.0 Å². The van der Waals surface area contributed by atoms with Gasteiger partial charge >= 0.3 is 12.1 Å². The standard InChI is InChI=1S/C40H36ClFN4O7S.C2H6/c1-40(2,3)53-39(50)44-20-22-8-10-25(11-9-22)45-36(47)28-18-29-32(52-16-14-23-15-17-54-35(23)29)19-27(28)26-12-13-31(46-34(26)38(49)51-4)37(48)43-21-24-6-5-7-30(41)33(24)42;1-2/h5-13,15,17-19H,14,16,20-21H2,1-4H3,(H,43,48)(H,44,50)(H,45,47);1-2H3. The maximum absolute atomic E-state index is 14.5. The third-order valence-corrected chi connectivity index (χ3v) is 9.58. The van der Waals surface area contributed by atoms with Gasteiger partial charge < -0.3 is 30.2 Å². The fourth-order valence-corrected chi connectivity index (χ4v) is 6.90. The topological polar surface area (TPSA) is 145 Å². The summed E-state index contributed by atoms with van der Waals surface area (Å²) in [6, 6.07) is 19.7. The van der Waals surface area contributed by atoms with Crippen molar-refractivity contribution in [2.24, 2.45) is 0 Å². The zero-order valence-corrected chi connectivity index (χ0v) is 33.4. The second kappa shape index (κ2) is 18.2. The van der Waals surface area contributed by atoms with E-state index in [4.69, 9.17) is 25.8 Å². The number of methoxy groups -OCH3 is 1. The Morgan fingerprint density at radius 1 is 0.911 bits per heavy atom. The molecule has 0 saturated carbocycles. The number of anilines is 1. The molecule has 11 nitrogen and oxygen atoms in total. The summed E-state index contributed by atoms with van der Waals surface area (Å²) in [5.74, 6) is -2.17. The molecule has 3 aromatic carbocycles. The third kappa shape index (κ3) is 9.89. The molecule has 1 aliphatic heterocycles. The summed E-state index contributed by atoms with van der Waals surface area (Å²) in [7, 11) is 1.18. The van der Waals surface area contributed by atoms with E-state index in [-0.39, 0.29) is 46.2 Å². The van der Waals surface area contributed by atoms with E-state index in [1.807, 2.05) is 25.3 Å². The van der Waals surface area contributed by atoms with Crippen molar-refractivity contribution in [3.8, 4) is 27.3 Å². The molecule has 292 valence electrons. The van der Waals surface area contributed by atoms with Gasteiger partial charge in [0.15, 0.2) is 5.69 Å². The number of benzene rings is 3. The number of carbonyl (C=O) groups is 4. The van der Waals surface area contributed by atoms with Gasteiger partial charge in [-0.25, -0.2) is 19.0 Å². The maximum atomic E-state index is 14.5. The van der Waals surface area contributed by atoms with E-state index in [0.29, 0.717) is 35.6 Å². The third-order valence-electron chi connectivity index (χ3n) is 8.30. The normalized spacial score (nSPS) is 11.6. The van der Waals surface area contributed by atoms with E-state index < -0.39 is 35.3 Å². The lowest BCUT2D eigenvalue weighted by Crippen LogP contribution is -2.32. The van der Waals surface area contributed by atoms with Gasteiger partial charge in [-0.1, -0.05) is 49.7 Å². The summed E-state index contributed by atoms with van der Waals surface area (Å²) in [6.07, 6.45) is 0.119. The second-order valence-corrected chi connectivity index (χ2v) is 14.6. The predicted octanol–water partition coefficient (Wildman–Crippen LogP) is 9.22. The minimum absolute atomic E-state index is 0.0818. The summed E-state index contributed by atoms with van der Waals surface area (Å²) in [4.78, 5) is 58.0. The summed E-state index contributed by atoms with van der Waals surface area (Å²) >= 11 is 7.41.